The topological polar surface area (TPSA) is 62.2 Å². The third kappa shape index (κ3) is 3.68. The van der Waals surface area contributed by atoms with Gasteiger partial charge in [0.1, 0.15) is 17.1 Å². The predicted octanol–water partition coefficient (Wildman–Crippen LogP) is 2.65. The van der Waals surface area contributed by atoms with Crippen LogP contribution in [0.3, 0.4) is 0 Å². The largest absolute Gasteiger partial charge is 0.496 e. The van der Waals surface area contributed by atoms with Crippen molar-refractivity contribution in [3.63, 3.8) is 0 Å². The molecule has 2 aromatic carbocycles. The SMILES string of the molecule is COc1ccccc1C1(O)CCCN(CC(O)c2ccc3c(c2)CCO3)C1. The van der Waals surface area contributed by atoms with E-state index in [2.05, 4.69) is 4.90 Å². The number of para-hydroxylation sites is 1. The monoisotopic (exact) mass is 369 g/mol. The molecule has 2 heterocycles. The smallest absolute Gasteiger partial charge is 0.124 e. The Morgan fingerprint density at radius 2 is 2.11 bits per heavy atom. The van der Waals surface area contributed by atoms with Crippen molar-refractivity contribution in [1.82, 2.24) is 4.90 Å². The van der Waals surface area contributed by atoms with Crippen molar-refractivity contribution in [2.45, 2.75) is 31.0 Å². The number of hydrogen-bond donors (Lipinski definition) is 2. The average Bonchev–Trinajstić information content (AvgIpc) is 3.16. The number of ether oxygens (including phenoxy) is 2. The van der Waals surface area contributed by atoms with Crippen molar-refractivity contribution in [1.29, 1.82) is 0 Å². The maximum absolute atomic E-state index is 11.3. The molecule has 2 aromatic rings. The molecule has 0 saturated carbocycles. The van der Waals surface area contributed by atoms with Crippen LogP contribution in [0.15, 0.2) is 42.5 Å². The summed E-state index contributed by atoms with van der Waals surface area (Å²) >= 11 is 0. The van der Waals surface area contributed by atoms with Crippen molar-refractivity contribution in [2.24, 2.45) is 0 Å². The zero-order valence-corrected chi connectivity index (χ0v) is 15.7. The molecule has 2 aliphatic rings. The zero-order valence-electron chi connectivity index (χ0n) is 15.7. The molecule has 144 valence electrons. The number of nitrogens with zero attached hydrogens (tertiary/aromatic N) is 1. The fourth-order valence-electron chi connectivity index (χ4n) is 4.29. The summed E-state index contributed by atoms with van der Waals surface area (Å²) in [5, 5.41) is 22.1. The summed E-state index contributed by atoms with van der Waals surface area (Å²) in [6.07, 6.45) is 1.87. The highest BCUT2D eigenvalue weighted by Gasteiger charge is 2.37. The summed E-state index contributed by atoms with van der Waals surface area (Å²) in [4.78, 5) is 2.14. The molecule has 4 rings (SSSR count). The van der Waals surface area contributed by atoms with E-state index in [0.29, 0.717) is 31.9 Å². The Morgan fingerprint density at radius 1 is 1.26 bits per heavy atom. The van der Waals surface area contributed by atoms with Crippen LogP contribution in [0.5, 0.6) is 11.5 Å². The van der Waals surface area contributed by atoms with Crippen LogP contribution in [-0.4, -0.2) is 48.5 Å². The van der Waals surface area contributed by atoms with Crippen LogP contribution in [0.1, 0.15) is 35.6 Å². The van der Waals surface area contributed by atoms with Crippen LogP contribution < -0.4 is 9.47 Å². The van der Waals surface area contributed by atoms with Crippen LogP contribution in [0.2, 0.25) is 0 Å². The highest BCUT2D eigenvalue weighted by molar-refractivity contribution is 5.41. The van der Waals surface area contributed by atoms with Gasteiger partial charge in [-0.05, 0) is 48.7 Å². The summed E-state index contributed by atoms with van der Waals surface area (Å²) in [6.45, 7) is 2.56. The number of likely N-dealkylation sites (tertiary alicyclic amines) is 1. The van der Waals surface area contributed by atoms with Gasteiger partial charge in [0.05, 0.1) is 19.8 Å². The molecule has 0 bridgehead atoms. The van der Waals surface area contributed by atoms with Crippen molar-refractivity contribution in [3.05, 3.63) is 59.2 Å². The second-order valence-corrected chi connectivity index (χ2v) is 7.55. The first-order valence-electron chi connectivity index (χ1n) is 9.61. The van der Waals surface area contributed by atoms with E-state index in [1.165, 1.54) is 0 Å². The Labute approximate surface area is 160 Å². The first-order valence-corrected chi connectivity index (χ1v) is 9.61. The van der Waals surface area contributed by atoms with E-state index in [1.54, 1.807) is 7.11 Å². The Hall–Kier alpha value is -2.08. The van der Waals surface area contributed by atoms with Crippen LogP contribution >= 0.6 is 0 Å². The fourth-order valence-corrected chi connectivity index (χ4v) is 4.29. The van der Waals surface area contributed by atoms with Gasteiger partial charge in [0.2, 0.25) is 0 Å². The van der Waals surface area contributed by atoms with Gasteiger partial charge in [-0.1, -0.05) is 24.3 Å². The van der Waals surface area contributed by atoms with Gasteiger partial charge in [0.15, 0.2) is 0 Å². The molecule has 5 heteroatoms. The lowest BCUT2D eigenvalue weighted by atomic mass is 9.85. The standard InChI is InChI=1S/C22H27NO4/c1-26-21-6-3-2-5-18(21)22(25)10-4-11-23(15-22)14-19(24)16-7-8-20-17(13-16)9-12-27-20/h2-3,5-8,13,19,24-25H,4,9-12,14-15H2,1H3. The van der Waals surface area contributed by atoms with E-state index in [0.717, 1.165) is 41.8 Å². The third-order valence-corrected chi connectivity index (χ3v) is 5.69. The summed E-state index contributed by atoms with van der Waals surface area (Å²) in [6, 6.07) is 13.6. The predicted molar refractivity (Wildman–Crippen MR) is 103 cm³/mol. The van der Waals surface area contributed by atoms with Gasteiger partial charge in [-0.25, -0.2) is 0 Å². The number of fused-ring (bicyclic) bond motifs is 1. The highest BCUT2D eigenvalue weighted by atomic mass is 16.5. The van der Waals surface area contributed by atoms with Crippen LogP contribution in [0.4, 0.5) is 0 Å². The molecule has 0 aliphatic carbocycles. The van der Waals surface area contributed by atoms with Crippen molar-refractivity contribution >= 4 is 0 Å². The summed E-state index contributed by atoms with van der Waals surface area (Å²) < 4.78 is 11.0. The Morgan fingerprint density at radius 3 is 2.96 bits per heavy atom. The highest BCUT2D eigenvalue weighted by Crippen LogP contribution is 2.37. The van der Waals surface area contributed by atoms with Crippen molar-refractivity contribution in [2.75, 3.05) is 33.4 Å². The minimum absolute atomic E-state index is 0.485. The summed E-state index contributed by atoms with van der Waals surface area (Å²) in [5.74, 6) is 1.63. The van der Waals surface area contributed by atoms with Crippen molar-refractivity contribution in [3.8, 4) is 11.5 Å². The number of β-amino-alcohol motifs (C(OH)–C–C–N with tert-alkyl or cyclic N) is 2. The molecule has 2 N–H and O–H groups in total. The molecule has 0 radical (unpaired) electrons. The van der Waals surface area contributed by atoms with Gasteiger partial charge in [0.25, 0.3) is 0 Å². The van der Waals surface area contributed by atoms with Gasteiger partial charge in [-0.2, -0.15) is 0 Å². The Bertz CT molecular complexity index is 809. The Balaban J connectivity index is 1.48. The molecular weight excluding hydrogens is 342 g/mol. The fraction of sp³-hybridized carbons (Fsp3) is 0.455. The minimum Gasteiger partial charge on any atom is -0.496 e. The molecule has 2 aliphatic heterocycles. The number of piperidine rings is 1. The van der Waals surface area contributed by atoms with Crippen molar-refractivity contribution < 1.29 is 19.7 Å². The molecule has 1 fully saturated rings. The number of aliphatic hydroxyl groups excluding tert-OH is 1. The first kappa shape index (κ1) is 18.3. The molecular formula is C22H27NO4. The molecule has 0 spiro atoms. The molecule has 27 heavy (non-hydrogen) atoms. The van der Waals surface area contributed by atoms with Crippen LogP contribution in [-0.2, 0) is 12.0 Å². The van der Waals surface area contributed by atoms with E-state index < -0.39 is 11.7 Å². The second-order valence-electron chi connectivity index (χ2n) is 7.55. The van der Waals surface area contributed by atoms with E-state index in [9.17, 15) is 10.2 Å². The summed E-state index contributed by atoms with van der Waals surface area (Å²) in [5.41, 5.74) is 1.93. The first-order chi connectivity index (χ1) is 13.1. The van der Waals surface area contributed by atoms with Gasteiger partial charge in [-0.3, -0.25) is 4.90 Å². The minimum atomic E-state index is -0.962. The van der Waals surface area contributed by atoms with Gasteiger partial charge >= 0.3 is 0 Å². The number of aliphatic hydroxyl groups is 2. The molecule has 0 amide bonds. The van der Waals surface area contributed by atoms with E-state index in [1.807, 2.05) is 42.5 Å². The molecule has 5 nitrogen and oxygen atoms in total. The zero-order chi connectivity index (χ0) is 18.9. The summed E-state index contributed by atoms with van der Waals surface area (Å²) in [7, 11) is 1.63. The van der Waals surface area contributed by atoms with Crippen LogP contribution in [0, 0.1) is 0 Å². The maximum Gasteiger partial charge on any atom is 0.124 e. The molecule has 2 unspecified atom stereocenters. The molecule has 2 atom stereocenters. The van der Waals surface area contributed by atoms with Crippen LogP contribution in [0.25, 0.3) is 0 Å². The molecule has 1 saturated heterocycles. The quantitative estimate of drug-likeness (QED) is 0.848. The van der Waals surface area contributed by atoms with Gasteiger partial charge in [-0.15, -0.1) is 0 Å². The van der Waals surface area contributed by atoms with Gasteiger partial charge in [0, 0.05) is 25.1 Å². The normalized spacial score (nSPS) is 23.5. The van der Waals surface area contributed by atoms with E-state index >= 15 is 0 Å². The average molecular weight is 369 g/mol. The number of benzene rings is 2. The molecule has 0 aromatic heterocycles. The lowest BCUT2D eigenvalue weighted by Crippen LogP contribution is -2.47. The van der Waals surface area contributed by atoms with Gasteiger partial charge < -0.3 is 19.7 Å². The Kier molecular flexibility index (Phi) is 5.08. The lowest BCUT2D eigenvalue weighted by molar-refractivity contribution is -0.0474. The second kappa shape index (κ2) is 7.50. The maximum atomic E-state index is 11.3. The van der Waals surface area contributed by atoms with E-state index in [4.69, 9.17) is 9.47 Å². The number of methoxy groups -OCH3 is 1. The third-order valence-electron chi connectivity index (χ3n) is 5.69. The number of hydrogen-bond acceptors (Lipinski definition) is 5. The van der Waals surface area contributed by atoms with E-state index in [-0.39, 0.29) is 0 Å². The lowest BCUT2D eigenvalue weighted by Gasteiger charge is -2.40. The number of rotatable bonds is 5.